The summed E-state index contributed by atoms with van der Waals surface area (Å²) in [6.45, 7) is 0.190. The lowest BCUT2D eigenvalue weighted by atomic mass is 10.0. The van der Waals surface area contributed by atoms with Crippen LogP contribution in [0.3, 0.4) is 0 Å². The second-order valence-electron chi connectivity index (χ2n) is 4.10. The number of aliphatic hydroxyl groups excluding tert-OH is 1. The Kier molecular flexibility index (Phi) is 4.37. The highest BCUT2D eigenvalue weighted by Gasteiger charge is 2.03. The van der Waals surface area contributed by atoms with Crippen LogP contribution in [0.1, 0.15) is 16.7 Å². The number of hydrogen-bond acceptors (Lipinski definition) is 2. The number of hydrogen-bond donors (Lipinski definition) is 1. The molecule has 0 unspecified atom stereocenters. The van der Waals surface area contributed by atoms with Crippen molar-refractivity contribution in [1.29, 1.82) is 0 Å². The van der Waals surface area contributed by atoms with E-state index in [0.29, 0.717) is 6.42 Å². The van der Waals surface area contributed by atoms with E-state index in [0.717, 1.165) is 22.4 Å². The van der Waals surface area contributed by atoms with Gasteiger partial charge in [0.2, 0.25) is 0 Å². The number of benzene rings is 2. The quantitative estimate of drug-likeness (QED) is 0.872. The van der Waals surface area contributed by atoms with Crippen LogP contribution in [0.25, 0.3) is 0 Å². The Balaban J connectivity index is 2.13. The maximum Gasteiger partial charge on any atom is 0.122 e. The van der Waals surface area contributed by atoms with Crippen LogP contribution in [-0.2, 0) is 6.42 Å². The normalized spacial score (nSPS) is 10.3. The first-order chi connectivity index (χ1) is 8.83. The third-order valence-electron chi connectivity index (χ3n) is 2.84. The van der Waals surface area contributed by atoms with Gasteiger partial charge >= 0.3 is 0 Å². The summed E-state index contributed by atoms with van der Waals surface area (Å²) in [5, 5.41) is 8.87. The van der Waals surface area contributed by atoms with E-state index in [1.54, 1.807) is 7.11 Å². The number of ether oxygens (including phenoxy) is 1. The molecule has 2 heteroatoms. The van der Waals surface area contributed by atoms with Crippen LogP contribution in [0, 0.1) is 6.42 Å². The number of aliphatic hydroxyl groups is 1. The molecule has 0 saturated heterocycles. The fraction of sp³-hybridized carbons (Fsp3) is 0.188. The fourth-order valence-corrected chi connectivity index (χ4v) is 1.87. The number of rotatable bonds is 5. The first-order valence-electron chi connectivity index (χ1n) is 6.01. The lowest BCUT2D eigenvalue weighted by molar-refractivity contribution is 0.299. The van der Waals surface area contributed by atoms with Gasteiger partial charge < -0.3 is 9.84 Å². The van der Waals surface area contributed by atoms with E-state index >= 15 is 0 Å². The van der Waals surface area contributed by atoms with Gasteiger partial charge in [0.05, 0.1) is 7.11 Å². The summed E-state index contributed by atoms with van der Waals surface area (Å²) in [5.41, 5.74) is 3.34. The zero-order valence-corrected chi connectivity index (χ0v) is 10.5. The highest BCUT2D eigenvalue weighted by atomic mass is 16.5. The van der Waals surface area contributed by atoms with E-state index in [4.69, 9.17) is 9.84 Å². The van der Waals surface area contributed by atoms with Crippen molar-refractivity contribution in [2.24, 2.45) is 0 Å². The predicted molar refractivity (Wildman–Crippen MR) is 72.7 cm³/mol. The van der Waals surface area contributed by atoms with Crippen molar-refractivity contribution < 1.29 is 9.84 Å². The van der Waals surface area contributed by atoms with Crippen molar-refractivity contribution >= 4 is 0 Å². The third kappa shape index (κ3) is 3.11. The maximum absolute atomic E-state index is 8.87. The molecule has 0 aromatic heterocycles. The van der Waals surface area contributed by atoms with E-state index in [1.807, 2.05) is 36.4 Å². The first-order valence-corrected chi connectivity index (χ1v) is 6.01. The lowest BCUT2D eigenvalue weighted by Crippen LogP contribution is -1.93. The molecule has 1 radical (unpaired) electrons. The lowest BCUT2D eigenvalue weighted by Gasteiger charge is -2.08. The van der Waals surface area contributed by atoms with Gasteiger partial charge in [-0.05, 0) is 23.6 Å². The summed E-state index contributed by atoms with van der Waals surface area (Å²) in [6, 6.07) is 16.1. The van der Waals surface area contributed by atoms with Crippen molar-refractivity contribution in [3.63, 3.8) is 0 Å². The minimum absolute atomic E-state index is 0.190. The third-order valence-corrected chi connectivity index (χ3v) is 2.84. The van der Waals surface area contributed by atoms with Crippen molar-refractivity contribution in [3.8, 4) is 5.75 Å². The van der Waals surface area contributed by atoms with E-state index < -0.39 is 0 Å². The minimum atomic E-state index is 0.190. The van der Waals surface area contributed by atoms with Gasteiger partial charge in [0.25, 0.3) is 0 Å². The van der Waals surface area contributed by atoms with Crippen LogP contribution in [0.2, 0.25) is 0 Å². The maximum atomic E-state index is 8.87. The van der Waals surface area contributed by atoms with Crippen LogP contribution in [0.4, 0.5) is 0 Å². The van der Waals surface area contributed by atoms with Gasteiger partial charge in [-0.25, -0.2) is 0 Å². The Bertz CT molecular complexity index is 489. The van der Waals surface area contributed by atoms with Crippen molar-refractivity contribution in [2.45, 2.75) is 6.42 Å². The molecule has 18 heavy (non-hydrogen) atoms. The summed E-state index contributed by atoms with van der Waals surface area (Å²) >= 11 is 0. The Morgan fingerprint density at radius 1 is 1.06 bits per heavy atom. The molecule has 2 aromatic carbocycles. The van der Waals surface area contributed by atoms with Gasteiger partial charge in [-0.1, -0.05) is 42.5 Å². The average Bonchev–Trinajstić information content (AvgIpc) is 2.42. The van der Waals surface area contributed by atoms with Gasteiger partial charge in [0.15, 0.2) is 0 Å². The van der Waals surface area contributed by atoms with Gasteiger partial charge in [-0.2, -0.15) is 0 Å². The summed E-state index contributed by atoms with van der Waals surface area (Å²) in [4.78, 5) is 0. The summed E-state index contributed by atoms with van der Waals surface area (Å²) in [6.07, 6.45) is 2.79. The molecule has 2 nitrogen and oxygen atoms in total. The molecule has 0 aliphatic rings. The SMILES string of the molecule is COc1ccccc1[CH]c1ccc(CCO)cc1. The highest BCUT2D eigenvalue weighted by molar-refractivity contribution is 5.45. The topological polar surface area (TPSA) is 29.5 Å². The van der Waals surface area contributed by atoms with Crippen molar-refractivity contribution in [3.05, 3.63) is 71.6 Å². The van der Waals surface area contributed by atoms with Crippen LogP contribution in [0.5, 0.6) is 5.75 Å². The van der Waals surface area contributed by atoms with Crippen LogP contribution in [-0.4, -0.2) is 18.8 Å². The Hall–Kier alpha value is -1.80. The molecule has 0 fully saturated rings. The molecular weight excluding hydrogens is 224 g/mol. The molecule has 0 aliphatic carbocycles. The van der Waals surface area contributed by atoms with E-state index in [1.165, 1.54) is 0 Å². The molecule has 0 aliphatic heterocycles. The molecule has 0 bridgehead atoms. The molecule has 0 heterocycles. The molecule has 93 valence electrons. The Morgan fingerprint density at radius 2 is 1.78 bits per heavy atom. The molecular formula is C16H17O2. The van der Waals surface area contributed by atoms with Gasteiger partial charge in [0, 0.05) is 18.6 Å². The van der Waals surface area contributed by atoms with Crippen LogP contribution in [0.15, 0.2) is 48.5 Å². The molecule has 0 saturated carbocycles. The monoisotopic (exact) mass is 241 g/mol. The van der Waals surface area contributed by atoms with Gasteiger partial charge in [-0.15, -0.1) is 0 Å². The van der Waals surface area contributed by atoms with Crippen LogP contribution >= 0.6 is 0 Å². The largest absolute Gasteiger partial charge is 0.496 e. The zero-order valence-electron chi connectivity index (χ0n) is 10.5. The summed E-state index contributed by atoms with van der Waals surface area (Å²) < 4.78 is 5.32. The predicted octanol–water partition coefficient (Wildman–Crippen LogP) is 2.83. The molecule has 0 atom stereocenters. The summed E-state index contributed by atoms with van der Waals surface area (Å²) in [7, 11) is 1.68. The zero-order chi connectivity index (χ0) is 12.8. The minimum Gasteiger partial charge on any atom is -0.496 e. The van der Waals surface area contributed by atoms with E-state index in [9.17, 15) is 0 Å². The van der Waals surface area contributed by atoms with Gasteiger partial charge in [-0.3, -0.25) is 0 Å². The molecule has 1 N–H and O–H groups in total. The Morgan fingerprint density at radius 3 is 2.44 bits per heavy atom. The van der Waals surface area contributed by atoms with E-state index in [2.05, 4.69) is 18.6 Å². The summed E-state index contributed by atoms with van der Waals surface area (Å²) in [5.74, 6) is 0.872. The average molecular weight is 241 g/mol. The number of methoxy groups -OCH3 is 1. The smallest absolute Gasteiger partial charge is 0.122 e. The molecule has 2 rings (SSSR count). The molecule has 0 amide bonds. The van der Waals surface area contributed by atoms with Crippen molar-refractivity contribution in [2.75, 3.05) is 13.7 Å². The standard InChI is InChI=1S/C16H17O2/c1-18-16-5-3-2-4-15(16)12-14-8-6-13(7-9-14)10-11-17/h2-9,12,17H,10-11H2,1H3. The Labute approximate surface area is 108 Å². The molecule has 2 aromatic rings. The van der Waals surface area contributed by atoms with Gasteiger partial charge in [0.1, 0.15) is 5.75 Å². The second kappa shape index (κ2) is 6.22. The fourth-order valence-electron chi connectivity index (χ4n) is 1.87. The molecule has 0 spiro atoms. The van der Waals surface area contributed by atoms with Crippen LogP contribution < -0.4 is 4.74 Å². The highest BCUT2D eigenvalue weighted by Crippen LogP contribution is 2.22. The second-order valence-corrected chi connectivity index (χ2v) is 4.10. The van der Waals surface area contributed by atoms with E-state index in [-0.39, 0.29) is 6.61 Å². The first kappa shape index (κ1) is 12.7. The van der Waals surface area contributed by atoms with Crippen molar-refractivity contribution in [1.82, 2.24) is 0 Å². The number of para-hydroxylation sites is 1.